The Hall–Kier alpha value is -1.63. The summed E-state index contributed by atoms with van der Waals surface area (Å²) in [6, 6.07) is 3.03. The molecule has 2 aromatic rings. The number of fused-ring (bicyclic) bond motifs is 1. The highest BCUT2D eigenvalue weighted by Crippen LogP contribution is 2.37. The molecule has 0 radical (unpaired) electrons. The van der Waals surface area contributed by atoms with Gasteiger partial charge in [-0.15, -0.1) is 0 Å². The average molecular weight is 272 g/mol. The van der Waals surface area contributed by atoms with Crippen molar-refractivity contribution in [1.82, 2.24) is 14.5 Å². The van der Waals surface area contributed by atoms with E-state index in [1.54, 1.807) is 26.0 Å². The zero-order valence-corrected chi connectivity index (χ0v) is 10.9. The number of aromatic nitrogens is 3. The van der Waals surface area contributed by atoms with Crippen molar-refractivity contribution in [3.05, 3.63) is 24.2 Å². The van der Waals surface area contributed by atoms with Crippen LogP contribution in [0.1, 0.15) is 32.6 Å². The standard InChI is InChI=1S/C12H15F3N4/c1-7(2)19-9-8(5-4-6-17-9)18-10(19)11(3,16)12(13,14)15/h4-7H,16H2,1-3H3. The number of nitrogens with two attached hydrogens (primary N) is 1. The first-order chi connectivity index (χ1) is 8.66. The largest absolute Gasteiger partial charge is 0.413 e. The van der Waals surface area contributed by atoms with Gasteiger partial charge in [0, 0.05) is 12.2 Å². The topological polar surface area (TPSA) is 56.7 Å². The Balaban J connectivity index is 2.77. The van der Waals surface area contributed by atoms with Gasteiger partial charge in [-0.3, -0.25) is 0 Å². The van der Waals surface area contributed by atoms with Crippen LogP contribution in [0.2, 0.25) is 0 Å². The fraction of sp³-hybridized carbons (Fsp3) is 0.500. The lowest BCUT2D eigenvalue weighted by atomic mass is 10.0. The number of alkyl halides is 3. The molecular formula is C12H15F3N4. The van der Waals surface area contributed by atoms with Crippen molar-refractivity contribution in [1.29, 1.82) is 0 Å². The molecular weight excluding hydrogens is 257 g/mol. The maximum Gasteiger partial charge on any atom is 0.413 e. The molecule has 0 aromatic carbocycles. The van der Waals surface area contributed by atoms with E-state index in [1.807, 2.05) is 0 Å². The monoisotopic (exact) mass is 272 g/mol. The van der Waals surface area contributed by atoms with Gasteiger partial charge in [-0.05, 0) is 32.9 Å². The first-order valence-electron chi connectivity index (χ1n) is 5.85. The molecule has 0 spiro atoms. The van der Waals surface area contributed by atoms with Crippen molar-refractivity contribution in [3.63, 3.8) is 0 Å². The van der Waals surface area contributed by atoms with Gasteiger partial charge in [0.1, 0.15) is 11.3 Å². The summed E-state index contributed by atoms with van der Waals surface area (Å²) in [6.07, 6.45) is -3.06. The minimum Gasteiger partial charge on any atom is -0.312 e. The molecule has 1 atom stereocenters. The molecule has 104 valence electrons. The maximum atomic E-state index is 13.1. The number of nitrogens with zero attached hydrogens (tertiary/aromatic N) is 3. The number of hydrogen-bond acceptors (Lipinski definition) is 3. The highest BCUT2D eigenvalue weighted by Gasteiger charge is 2.52. The smallest absolute Gasteiger partial charge is 0.312 e. The van der Waals surface area contributed by atoms with Gasteiger partial charge in [0.2, 0.25) is 0 Å². The SMILES string of the molecule is CC(C)n1c(C(C)(N)C(F)(F)F)nc2cccnc21. The molecule has 2 aromatic heterocycles. The van der Waals surface area contributed by atoms with Gasteiger partial charge in [-0.25, -0.2) is 9.97 Å². The van der Waals surface area contributed by atoms with Crippen LogP contribution in [-0.4, -0.2) is 20.7 Å². The Morgan fingerprint density at radius 3 is 2.47 bits per heavy atom. The summed E-state index contributed by atoms with van der Waals surface area (Å²) in [5.41, 5.74) is 3.79. The van der Waals surface area contributed by atoms with Crippen LogP contribution in [0, 0.1) is 0 Å². The van der Waals surface area contributed by atoms with Gasteiger partial charge in [0.15, 0.2) is 11.2 Å². The third kappa shape index (κ3) is 2.07. The van der Waals surface area contributed by atoms with E-state index in [0.29, 0.717) is 11.2 Å². The molecule has 2 heterocycles. The second-order valence-electron chi connectivity index (χ2n) is 4.95. The second-order valence-corrected chi connectivity index (χ2v) is 4.95. The van der Waals surface area contributed by atoms with Gasteiger partial charge < -0.3 is 10.3 Å². The minimum absolute atomic E-state index is 0.219. The average Bonchev–Trinajstić information content (AvgIpc) is 2.66. The van der Waals surface area contributed by atoms with Crippen LogP contribution in [0.15, 0.2) is 18.3 Å². The Morgan fingerprint density at radius 2 is 1.95 bits per heavy atom. The summed E-state index contributed by atoms with van der Waals surface area (Å²) in [4.78, 5) is 8.12. The molecule has 0 aliphatic rings. The fourth-order valence-electron chi connectivity index (χ4n) is 1.91. The zero-order chi connectivity index (χ0) is 14.4. The predicted molar refractivity (Wildman–Crippen MR) is 65.5 cm³/mol. The highest BCUT2D eigenvalue weighted by molar-refractivity contribution is 5.71. The Bertz CT molecular complexity index is 599. The van der Waals surface area contributed by atoms with Crippen molar-refractivity contribution >= 4 is 11.2 Å². The van der Waals surface area contributed by atoms with E-state index in [-0.39, 0.29) is 11.9 Å². The molecule has 7 heteroatoms. The van der Waals surface area contributed by atoms with Crippen LogP contribution >= 0.6 is 0 Å². The lowest BCUT2D eigenvalue weighted by Gasteiger charge is -2.28. The number of hydrogen-bond donors (Lipinski definition) is 1. The van der Waals surface area contributed by atoms with Gasteiger partial charge in [-0.2, -0.15) is 13.2 Å². The van der Waals surface area contributed by atoms with Crippen LogP contribution in [-0.2, 0) is 5.54 Å². The molecule has 0 saturated carbocycles. The van der Waals surface area contributed by atoms with Crippen LogP contribution in [0.25, 0.3) is 11.2 Å². The number of halogens is 3. The Labute approximate surface area is 108 Å². The molecule has 0 saturated heterocycles. The molecule has 4 nitrogen and oxygen atoms in total. The van der Waals surface area contributed by atoms with Crippen LogP contribution in [0.3, 0.4) is 0 Å². The third-order valence-corrected chi connectivity index (χ3v) is 3.02. The number of rotatable bonds is 2. The van der Waals surface area contributed by atoms with Crippen LogP contribution in [0.4, 0.5) is 13.2 Å². The summed E-state index contributed by atoms with van der Waals surface area (Å²) in [5, 5.41) is 0. The van der Waals surface area contributed by atoms with E-state index in [9.17, 15) is 13.2 Å². The van der Waals surface area contributed by atoms with Crippen molar-refractivity contribution in [3.8, 4) is 0 Å². The molecule has 0 amide bonds. The molecule has 1 unspecified atom stereocenters. The predicted octanol–water partition coefficient (Wildman–Crippen LogP) is 2.75. The molecule has 0 aliphatic heterocycles. The van der Waals surface area contributed by atoms with Gasteiger partial charge in [0.25, 0.3) is 0 Å². The number of imidazole rings is 1. The van der Waals surface area contributed by atoms with Crippen molar-refractivity contribution in [2.45, 2.75) is 38.5 Å². The summed E-state index contributed by atoms with van der Waals surface area (Å²) in [6.45, 7) is 4.46. The van der Waals surface area contributed by atoms with Crippen LogP contribution < -0.4 is 5.73 Å². The van der Waals surface area contributed by atoms with Gasteiger partial charge >= 0.3 is 6.18 Å². The van der Waals surface area contributed by atoms with Crippen LogP contribution in [0.5, 0.6) is 0 Å². The van der Waals surface area contributed by atoms with E-state index in [2.05, 4.69) is 9.97 Å². The minimum atomic E-state index is -4.58. The quantitative estimate of drug-likeness (QED) is 0.914. The van der Waals surface area contributed by atoms with E-state index in [1.165, 1.54) is 10.8 Å². The summed E-state index contributed by atoms with van der Waals surface area (Å²) >= 11 is 0. The molecule has 19 heavy (non-hydrogen) atoms. The van der Waals surface area contributed by atoms with E-state index in [4.69, 9.17) is 5.73 Å². The number of pyridine rings is 1. The zero-order valence-electron chi connectivity index (χ0n) is 10.9. The molecule has 0 fully saturated rings. The van der Waals surface area contributed by atoms with Crippen molar-refractivity contribution in [2.75, 3.05) is 0 Å². The summed E-state index contributed by atoms with van der Waals surface area (Å²) in [7, 11) is 0. The maximum absolute atomic E-state index is 13.1. The van der Waals surface area contributed by atoms with E-state index < -0.39 is 11.7 Å². The fourth-order valence-corrected chi connectivity index (χ4v) is 1.91. The van der Waals surface area contributed by atoms with Gasteiger partial charge in [0.05, 0.1) is 0 Å². The first-order valence-corrected chi connectivity index (χ1v) is 5.85. The Kier molecular flexibility index (Phi) is 3.04. The second kappa shape index (κ2) is 4.19. The Morgan fingerprint density at radius 1 is 1.32 bits per heavy atom. The van der Waals surface area contributed by atoms with E-state index in [0.717, 1.165) is 6.92 Å². The first kappa shape index (κ1) is 13.8. The summed E-state index contributed by atoms with van der Waals surface area (Å²) < 4.78 is 40.7. The van der Waals surface area contributed by atoms with E-state index >= 15 is 0 Å². The normalized spacial score (nSPS) is 16.0. The lowest BCUT2D eigenvalue weighted by Crippen LogP contribution is -2.49. The molecule has 2 N–H and O–H groups in total. The highest BCUT2D eigenvalue weighted by atomic mass is 19.4. The lowest BCUT2D eigenvalue weighted by molar-refractivity contribution is -0.187. The third-order valence-electron chi connectivity index (χ3n) is 3.02. The van der Waals surface area contributed by atoms with Crippen molar-refractivity contribution in [2.24, 2.45) is 5.73 Å². The van der Waals surface area contributed by atoms with Gasteiger partial charge in [-0.1, -0.05) is 0 Å². The van der Waals surface area contributed by atoms with Crippen molar-refractivity contribution < 1.29 is 13.2 Å². The molecule has 2 rings (SSSR count). The summed E-state index contributed by atoms with van der Waals surface area (Å²) in [5.74, 6) is -0.219. The molecule has 0 aliphatic carbocycles. The molecule has 0 bridgehead atoms.